The van der Waals surface area contributed by atoms with Crippen LogP contribution >= 0.6 is 0 Å². The number of hydrogen-bond acceptors (Lipinski definition) is 2. The van der Waals surface area contributed by atoms with Crippen LogP contribution < -0.4 is 9.80 Å². The van der Waals surface area contributed by atoms with Crippen molar-refractivity contribution in [2.24, 2.45) is 0 Å². The number of anilines is 6. The monoisotopic (exact) mass is 1160 g/mol. The predicted octanol–water partition coefficient (Wildman–Crippen LogP) is 21.8. The van der Waals surface area contributed by atoms with E-state index in [0.29, 0.717) is 67.5 Å². The molecular weight excluding hydrogens is 1100 g/mol. The highest BCUT2D eigenvalue weighted by atomic mass is 19.2. The minimum absolute atomic E-state index is 0.107. The lowest BCUT2D eigenvalue weighted by Crippen LogP contribution is -2.31. The second kappa shape index (κ2) is 21.7. The lowest BCUT2D eigenvalue weighted by molar-refractivity contribution is 0.526. The van der Waals surface area contributed by atoms with E-state index in [-0.39, 0.29) is 11.1 Å². The summed E-state index contributed by atoms with van der Waals surface area (Å²) in [4.78, 5) is 3.89. The average molecular weight is 1160 g/mol. The van der Waals surface area contributed by atoms with Crippen LogP contribution in [0.5, 0.6) is 0 Å². The van der Waals surface area contributed by atoms with Crippen molar-refractivity contribution in [3.8, 4) is 33.4 Å². The van der Waals surface area contributed by atoms with Gasteiger partial charge in [0, 0.05) is 45.3 Å². The van der Waals surface area contributed by atoms with Crippen LogP contribution in [0, 0.1) is 48.8 Å². The highest BCUT2D eigenvalue weighted by Crippen LogP contribution is 2.60. The van der Waals surface area contributed by atoms with Crippen LogP contribution in [0.2, 0.25) is 0 Å². The van der Waals surface area contributed by atoms with Crippen LogP contribution in [0.1, 0.15) is 66.8 Å². The molecule has 2 aliphatic rings. The fourth-order valence-electron chi connectivity index (χ4n) is 13.7. The molecule has 2 nitrogen and oxygen atoms in total. The first-order valence-corrected chi connectivity index (χ1v) is 29.0. The van der Waals surface area contributed by atoms with Gasteiger partial charge in [0.1, 0.15) is 34.9 Å². The maximum Gasteiger partial charge on any atom is 0.130 e. The van der Waals surface area contributed by atoms with E-state index >= 15 is 26.3 Å². The van der Waals surface area contributed by atoms with E-state index in [1.165, 1.54) is 48.5 Å². The summed E-state index contributed by atoms with van der Waals surface area (Å²) in [6, 6.07) is 76.3. The number of halogens is 6. The van der Waals surface area contributed by atoms with Crippen molar-refractivity contribution in [2.45, 2.75) is 24.7 Å². The number of hydrogen-bond donors (Lipinski definition) is 0. The van der Waals surface area contributed by atoms with Gasteiger partial charge < -0.3 is 9.80 Å². The van der Waals surface area contributed by atoms with Crippen molar-refractivity contribution >= 4 is 46.3 Å². The van der Waals surface area contributed by atoms with Crippen molar-refractivity contribution in [1.29, 1.82) is 0 Å². The molecule has 2 unspecified atom stereocenters. The fraction of sp³-hybridized carbons (Fsp3) is 0.0500. The van der Waals surface area contributed by atoms with Gasteiger partial charge in [0.15, 0.2) is 0 Å². The highest BCUT2D eigenvalue weighted by Gasteiger charge is 2.51. The van der Waals surface area contributed by atoms with Crippen LogP contribution in [0.4, 0.5) is 60.5 Å². The Bertz CT molecular complexity index is 4420. The molecule has 8 heteroatoms. The number of benzene rings is 12. The molecule has 14 rings (SSSR count). The van der Waals surface area contributed by atoms with Gasteiger partial charge in [0.25, 0.3) is 0 Å². The molecule has 0 spiro atoms. The van der Waals surface area contributed by atoms with Crippen molar-refractivity contribution in [2.75, 3.05) is 9.80 Å². The Morgan fingerprint density at radius 1 is 0.295 bits per heavy atom. The molecule has 0 N–H and O–H groups in total. The van der Waals surface area contributed by atoms with Crippen LogP contribution in [0.25, 0.3) is 45.5 Å². The standard InChI is InChI=1S/C80H54F6N2/c1-5-51-23-31-55(32-24-51)79(77-71(81)17-11-18-72(77)82)67-15-9-7-13-63(67)65-43-41-59(45-69(65)79)87(61-35-21-49(3)75(85)47-61)57-37-27-53(28-38-57)54-29-39-58(40-30-54)88(62-36-22-50(4)76(86)48-62)60-42-44-66-64-14-8-10-16-68(64)80(70(66)46-60,56-33-25-52(6-2)26-34-56)78-73(83)19-12-20-74(78)84/h5-48H,1-2H2,3-4H3. The van der Waals surface area contributed by atoms with Crippen LogP contribution in [0.15, 0.2) is 268 Å². The van der Waals surface area contributed by atoms with Gasteiger partial charge in [-0.2, -0.15) is 0 Å². The molecule has 0 amide bonds. The zero-order chi connectivity index (χ0) is 60.6. The van der Waals surface area contributed by atoms with E-state index in [9.17, 15) is 0 Å². The Morgan fingerprint density at radius 3 is 0.966 bits per heavy atom. The maximum atomic E-state index is 16.8. The van der Waals surface area contributed by atoms with Gasteiger partial charge in [0.05, 0.1) is 10.8 Å². The molecule has 0 radical (unpaired) electrons. The molecule has 0 saturated carbocycles. The molecule has 0 fully saturated rings. The number of aryl methyl sites for hydroxylation is 2. The fourth-order valence-corrected chi connectivity index (χ4v) is 13.7. The predicted molar refractivity (Wildman–Crippen MR) is 345 cm³/mol. The minimum atomic E-state index is -1.45. The molecule has 0 aromatic heterocycles. The Kier molecular flexibility index (Phi) is 13.6. The molecule has 2 aliphatic carbocycles. The Balaban J connectivity index is 0.883. The molecule has 0 heterocycles. The molecule has 0 bridgehead atoms. The molecule has 2 atom stereocenters. The third-order valence-electron chi connectivity index (χ3n) is 17.8. The second-order valence-corrected chi connectivity index (χ2v) is 22.5. The summed E-state index contributed by atoms with van der Waals surface area (Å²) in [6.45, 7) is 11.3. The van der Waals surface area contributed by atoms with Gasteiger partial charge in [-0.3, -0.25) is 0 Å². The van der Waals surface area contributed by atoms with Gasteiger partial charge in [-0.25, -0.2) is 26.3 Å². The third-order valence-corrected chi connectivity index (χ3v) is 17.8. The van der Waals surface area contributed by atoms with Gasteiger partial charge >= 0.3 is 0 Å². The molecule has 426 valence electrons. The smallest absolute Gasteiger partial charge is 0.130 e. The quantitative estimate of drug-likeness (QED) is 0.106. The summed E-state index contributed by atoms with van der Waals surface area (Å²) in [5.74, 6) is -3.58. The first-order chi connectivity index (χ1) is 42.8. The highest BCUT2D eigenvalue weighted by molar-refractivity contribution is 5.92. The van der Waals surface area contributed by atoms with Gasteiger partial charge in [-0.1, -0.05) is 183 Å². The van der Waals surface area contributed by atoms with Gasteiger partial charge in [-0.15, -0.1) is 0 Å². The molecule has 12 aromatic carbocycles. The zero-order valence-corrected chi connectivity index (χ0v) is 48.0. The normalized spacial score (nSPS) is 15.2. The summed E-state index contributed by atoms with van der Waals surface area (Å²) in [6.07, 6.45) is 3.45. The largest absolute Gasteiger partial charge is 0.310 e. The lowest BCUT2D eigenvalue weighted by Gasteiger charge is -2.35. The van der Waals surface area contributed by atoms with Crippen LogP contribution in [0.3, 0.4) is 0 Å². The Labute approximate surface area is 507 Å². The molecular formula is C80H54F6N2. The first-order valence-electron chi connectivity index (χ1n) is 29.0. The van der Waals surface area contributed by atoms with Crippen LogP contribution in [-0.2, 0) is 10.8 Å². The third kappa shape index (κ3) is 8.64. The lowest BCUT2D eigenvalue weighted by atomic mass is 9.67. The average Bonchev–Trinajstić information content (AvgIpc) is 1.57. The van der Waals surface area contributed by atoms with E-state index in [0.717, 1.165) is 55.6 Å². The summed E-state index contributed by atoms with van der Waals surface area (Å²) >= 11 is 0. The van der Waals surface area contributed by atoms with Crippen molar-refractivity contribution in [1.82, 2.24) is 0 Å². The van der Waals surface area contributed by atoms with E-state index in [1.54, 1.807) is 38.1 Å². The summed E-state index contributed by atoms with van der Waals surface area (Å²) in [5.41, 5.74) is 12.2. The summed E-state index contributed by atoms with van der Waals surface area (Å²) < 4.78 is 98.9. The maximum absolute atomic E-state index is 16.8. The number of rotatable bonds is 13. The van der Waals surface area contributed by atoms with Crippen molar-refractivity contribution < 1.29 is 26.3 Å². The molecule has 88 heavy (non-hydrogen) atoms. The number of fused-ring (bicyclic) bond motifs is 6. The van der Waals surface area contributed by atoms with Gasteiger partial charge in [-0.05, 0) is 200 Å². The Morgan fingerprint density at radius 2 is 0.614 bits per heavy atom. The van der Waals surface area contributed by atoms with Crippen LogP contribution in [-0.4, -0.2) is 0 Å². The SMILES string of the molecule is C=Cc1ccc(C2(c3c(F)cccc3F)c3ccccc3-c3ccc(N(c4ccc(-c5ccc(N(c6ccc(C)c(F)c6)c6ccc7c(c6)C(c6ccc(C=C)cc6)(c6c(F)cccc6F)c6ccccc6-7)cc5)cc4)c4ccc(C)c(F)c4)cc32)cc1. The van der Waals surface area contributed by atoms with E-state index in [4.69, 9.17) is 0 Å². The number of nitrogens with zero attached hydrogens (tertiary/aromatic N) is 2. The first kappa shape index (κ1) is 55.2. The van der Waals surface area contributed by atoms with Gasteiger partial charge in [0.2, 0.25) is 0 Å². The second-order valence-electron chi connectivity index (χ2n) is 22.5. The van der Waals surface area contributed by atoms with E-state index < -0.39 is 45.7 Å². The molecule has 12 aromatic rings. The minimum Gasteiger partial charge on any atom is -0.310 e. The molecule has 0 aliphatic heterocycles. The van der Waals surface area contributed by atoms with Crippen molar-refractivity contribution in [3.63, 3.8) is 0 Å². The van der Waals surface area contributed by atoms with Crippen molar-refractivity contribution in [3.05, 3.63) is 370 Å². The topological polar surface area (TPSA) is 6.48 Å². The van der Waals surface area contributed by atoms with E-state index in [1.807, 2.05) is 204 Å². The summed E-state index contributed by atoms with van der Waals surface area (Å²) in [7, 11) is 0. The Hall–Kier alpha value is -10.7. The zero-order valence-electron chi connectivity index (χ0n) is 48.0. The molecule has 0 saturated heterocycles. The summed E-state index contributed by atoms with van der Waals surface area (Å²) in [5, 5.41) is 0. The van der Waals surface area contributed by atoms with E-state index in [2.05, 4.69) is 13.2 Å².